The van der Waals surface area contributed by atoms with Crippen molar-refractivity contribution < 1.29 is 4.74 Å². The van der Waals surface area contributed by atoms with Crippen molar-refractivity contribution in [3.05, 3.63) is 17.6 Å². The number of ether oxygens (including phenoxy) is 1. The van der Waals surface area contributed by atoms with Gasteiger partial charge in [-0.1, -0.05) is 6.42 Å². The van der Waals surface area contributed by atoms with Crippen LogP contribution in [-0.4, -0.2) is 17.1 Å². The molecule has 1 saturated carbocycles. The highest BCUT2D eigenvalue weighted by Crippen LogP contribution is 2.37. The van der Waals surface area contributed by atoms with Crippen molar-refractivity contribution in [2.75, 3.05) is 7.11 Å². The van der Waals surface area contributed by atoms with E-state index >= 15 is 0 Å². The molecule has 0 aliphatic heterocycles. The Morgan fingerprint density at radius 3 is 2.69 bits per heavy atom. The first kappa shape index (κ1) is 8.48. The first-order valence-corrected chi connectivity index (χ1v) is 4.68. The SMILES string of the molecule is COc1ncnc(C2CCC2)c1C. The second kappa shape index (κ2) is 3.32. The number of nitrogens with zero attached hydrogens (tertiary/aromatic N) is 2. The third-order valence-electron chi connectivity index (χ3n) is 2.76. The normalized spacial score (nSPS) is 16.8. The summed E-state index contributed by atoms with van der Waals surface area (Å²) in [7, 11) is 1.65. The van der Waals surface area contributed by atoms with E-state index in [1.54, 1.807) is 13.4 Å². The van der Waals surface area contributed by atoms with E-state index in [1.807, 2.05) is 6.92 Å². The minimum absolute atomic E-state index is 0.650. The lowest BCUT2D eigenvalue weighted by atomic mass is 9.81. The minimum Gasteiger partial charge on any atom is -0.481 e. The van der Waals surface area contributed by atoms with Gasteiger partial charge in [0.1, 0.15) is 6.33 Å². The van der Waals surface area contributed by atoms with Gasteiger partial charge < -0.3 is 4.74 Å². The Hall–Kier alpha value is -1.12. The monoisotopic (exact) mass is 178 g/mol. The Labute approximate surface area is 78.2 Å². The molecule has 1 heterocycles. The highest BCUT2D eigenvalue weighted by molar-refractivity contribution is 5.31. The molecule has 1 aromatic heterocycles. The molecule has 1 fully saturated rings. The molecule has 1 aliphatic rings. The topological polar surface area (TPSA) is 35.0 Å². The zero-order chi connectivity index (χ0) is 9.26. The second-order valence-corrected chi connectivity index (χ2v) is 3.52. The molecule has 0 radical (unpaired) electrons. The molecule has 70 valence electrons. The predicted molar refractivity (Wildman–Crippen MR) is 49.9 cm³/mol. The molecule has 3 nitrogen and oxygen atoms in total. The molecule has 0 unspecified atom stereocenters. The smallest absolute Gasteiger partial charge is 0.219 e. The van der Waals surface area contributed by atoms with Gasteiger partial charge in [-0.15, -0.1) is 0 Å². The summed E-state index contributed by atoms with van der Waals surface area (Å²) >= 11 is 0. The third kappa shape index (κ3) is 1.39. The van der Waals surface area contributed by atoms with Crippen molar-refractivity contribution in [1.29, 1.82) is 0 Å². The fourth-order valence-corrected chi connectivity index (χ4v) is 1.75. The largest absolute Gasteiger partial charge is 0.481 e. The zero-order valence-electron chi connectivity index (χ0n) is 8.08. The minimum atomic E-state index is 0.650. The van der Waals surface area contributed by atoms with E-state index in [9.17, 15) is 0 Å². The Balaban J connectivity index is 2.33. The molecule has 0 spiro atoms. The molecule has 2 rings (SSSR count). The Bertz CT molecular complexity index is 308. The summed E-state index contributed by atoms with van der Waals surface area (Å²) in [6, 6.07) is 0. The van der Waals surface area contributed by atoms with Crippen LogP contribution in [0.25, 0.3) is 0 Å². The lowest BCUT2D eigenvalue weighted by Gasteiger charge is -2.26. The molecule has 0 atom stereocenters. The molecule has 13 heavy (non-hydrogen) atoms. The summed E-state index contributed by atoms with van der Waals surface area (Å²) in [5.41, 5.74) is 2.29. The summed E-state index contributed by atoms with van der Waals surface area (Å²) in [6.07, 6.45) is 5.46. The van der Waals surface area contributed by atoms with Crippen LogP contribution in [-0.2, 0) is 0 Å². The van der Waals surface area contributed by atoms with Gasteiger partial charge in [0.05, 0.1) is 12.8 Å². The van der Waals surface area contributed by atoms with Gasteiger partial charge in [0.2, 0.25) is 5.88 Å². The van der Waals surface area contributed by atoms with Gasteiger partial charge in [-0.25, -0.2) is 9.97 Å². The first-order valence-electron chi connectivity index (χ1n) is 4.68. The van der Waals surface area contributed by atoms with Gasteiger partial charge in [0, 0.05) is 11.5 Å². The van der Waals surface area contributed by atoms with E-state index in [4.69, 9.17) is 4.74 Å². The summed E-state index contributed by atoms with van der Waals surface area (Å²) in [4.78, 5) is 8.38. The van der Waals surface area contributed by atoms with Crippen LogP contribution in [0, 0.1) is 6.92 Å². The van der Waals surface area contributed by atoms with Crippen molar-refractivity contribution in [2.45, 2.75) is 32.1 Å². The van der Waals surface area contributed by atoms with Crippen LogP contribution in [0.15, 0.2) is 6.33 Å². The number of hydrogen-bond donors (Lipinski definition) is 0. The van der Waals surface area contributed by atoms with Crippen molar-refractivity contribution >= 4 is 0 Å². The van der Waals surface area contributed by atoms with Gasteiger partial charge in [-0.3, -0.25) is 0 Å². The molecule has 0 bridgehead atoms. The maximum atomic E-state index is 5.15. The lowest BCUT2D eigenvalue weighted by molar-refractivity contribution is 0.379. The highest BCUT2D eigenvalue weighted by atomic mass is 16.5. The predicted octanol–water partition coefficient (Wildman–Crippen LogP) is 2.06. The average Bonchev–Trinajstić information content (AvgIpc) is 2.05. The standard InChI is InChI=1S/C10H14N2O/c1-7-9(8-4-3-5-8)11-6-12-10(7)13-2/h6,8H,3-5H2,1-2H3. The molecule has 3 heteroatoms. The van der Waals surface area contributed by atoms with E-state index in [0.29, 0.717) is 5.92 Å². The molecule has 1 aliphatic carbocycles. The molecule has 0 saturated heterocycles. The third-order valence-corrected chi connectivity index (χ3v) is 2.76. The van der Waals surface area contributed by atoms with Crippen molar-refractivity contribution in [1.82, 2.24) is 9.97 Å². The number of aromatic nitrogens is 2. The number of rotatable bonds is 2. The number of hydrogen-bond acceptors (Lipinski definition) is 3. The maximum Gasteiger partial charge on any atom is 0.219 e. The average molecular weight is 178 g/mol. The summed E-state index contributed by atoms with van der Waals surface area (Å²) in [6.45, 7) is 2.03. The van der Waals surface area contributed by atoms with Crippen LogP contribution in [0.1, 0.15) is 36.4 Å². The summed E-state index contributed by atoms with van der Waals surface area (Å²) in [5.74, 6) is 1.37. The lowest BCUT2D eigenvalue weighted by Crippen LogP contribution is -2.13. The molecule has 0 N–H and O–H groups in total. The van der Waals surface area contributed by atoms with E-state index in [-0.39, 0.29) is 0 Å². The van der Waals surface area contributed by atoms with E-state index in [1.165, 1.54) is 25.0 Å². The first-order chi connectivity index (χ1) is 6.33. The Morgan fingerprint density at radius 2 is 2.15 bits per heavy atom. The van der Waals surface area contributed by atoms with Crippen molar-refractivity contribution in [2.24, 2.45) is 0 Å². The van der Waals surface area contributed by atoms with Crippen molar-refractivity contribution in [3.63, 3.8) is 0 Å². The molecule has 1 aromatic rings. The Kier molecular flexibility index (Phi) is 2.17. The fourth-order valence-electron chi connectivity index (χ4n) is 1.75. The van der Waals surface area contributed by atoms with Crippen LogP contribution in [0.5, 0.6) is 5.88 Å². The van der Waals surface area contributed by atoms with Crippen LogP contribution in [0.2, 0.25) is 0 Å². The van der Waals surface area contributed by atoms with Crippen LogP contribution in [0.3, 0.4) is 0 Å². The molecular weight excluding hydrogens is 164 g/mol. The van der Waals surface area contributed by atoms with E-state index in [0.717, 1.165) is 11.4 Å². The van der Waals surface area contributed by atoms with Gasteiger partial charge >= 0.3 is 0 Å². The maximum absolute atomic E-state index is 5.15. The molecule has 0 aromatic carbocycles. The fraction of sp³-hybridized carbons (Fsp3) is 0.600. The van der Waals surface area contributed by atoms with Crippen LogP contribution >= 0.6 is 0 Å². The van der Waals surface area contributed by atoms with E-state index in [2.05, 4.69) is 9.97 Å². The quantitative estimate of drug-likeness (QED) is 0.695. The van der Waals surface area contributed by atoms with Gasteiger partial charge in [0.15, 0.2) is 0 Å². The van der Waals surface area contributed by atoms with E-state index < -0.39 is 0 Å². The van der Waals surface area contributed by atoms with Gasteiger partial charge in [-0.05, 0) is 19.8 Å². The van der Waals surface area contributed by atoms with Crippen LogP contribution < -0.4 is 4.74 Å². The number of methoxy groups -OCH3 is 1. The highest BCUT2D eigenvalue weighted by Gasteiger charge is 2.23. The molecular formula is C10H14N2O. The molecule has 0 amide bonds. The van der Waals surface area contributed by atoms with Gasteiger partial charge in [-0.2, -0.15) is 0 Å². The zero-order valence-corrected chi connectivity index (χ0v) is 8.08. The summed E-state index contributed by atoms with van der Waals surface area (Å²) in [5, 5.41) is 0. The van der Waals surface area contributed by atoms with Gasteiger partial charge in [0.25, 0.3) is 0 Å². The van der Waals surface area contributed by atoms with Crippen molar-refractivity contribution in [3.8, 4) is 5.88 Å². The van der Waals surface area contributed by atoms with Crippen LogP contribution in [0.4, 0.5) is 0 Å². The summed E-state index contributed by atoms with van der Waals surface area (Å²) < 4.78 is 5.15. The second-order valence-electron chi connectivity index (χ2n) is 3.52. The Morgan fingerprint density at radius 1 is 1.38 bits per heavy atom.